The van der Waals surface area contributed by atoms with Gasteiger partial charge in [0, 0.05) is 24.6 Å². The Morgan fingerprint density at radius 1 is 1.19 bits per heavy atom. The highest BCUT2D eigenvalue weighted by Crippen LogP contribution is 2.38. The van der Waals surface area contributed by atoms with Gasteiger partial charge in [-0.05, 0) is 26.2 Å². The van der Waals surface area contributed by atoms with Crippen LogP contribution >= 0.6 is 0 Å². The first-order valence-corrected chi connectivity index (χ1v) is 7.53. The monoisotopic (exact) mass is 287 g/mol. The third-order valence-electron chi connectivity index (χ3n) is 3.37. The van der Waals surface area contributed by atoms with Crippen molar-refractivity contribution in [3.05, 3.63) is 29.4 Å². The summed E-state index contributed by atoms with van der Waals surface area (Å²) in [5.41, 5.74) is 0.877. The lowest BCUT2D eigenvalue weighted by Crippen LogP contribution is -2.08. The average Bonchev–Trinajstić information content (AvgIpc) is 3.26. The molecule has 1 aliphatic rings. The summed E-state index contributed by atoms with van der Waals surface area (Å²) in [6.45, 7) is 5.55. The van der Waals surface area contributed by atoms with Crippen LogP contribution in [0.3, 0.4) is 0 Å². The van der Waals surface area contributed by atoms with Crippen molar-refractivity contribution < 1.29 is 4.52 Å². The second-order valence-electron chi connectivity index (χ2n) is 5.48. The van der Waals surface area contributed by atoms with E-state index in [9.17, 15) is 0 Å². The minimum atomic E-state index is 0.531. The number of nitrogens with zero attached hydrogens (tertiary/aromatic N) is 3. The van der Waals surface area contributed by atoms with Gasteiger partial charge in [-0.25, -0.2) is 9.97 Å². The van der Waals surface area contributed by atoms with Gasteiger partial charge in [-0.2, -0.15) is 0 Å². The van der Waals surface area contributed by atoms with Crippen LogP contribution in [0.1, 0.15) is 49.4 Å². The second kappa shape index (κ2) is 6.11. The largest absolute Gasteiger partial charge is 0.370 e. The lowest BCUT2D eigenvalue weighted by molar-refractivity contribution is 0.391. The first kappa shape index (κ1) is 13.9. The molecule has 0 unspecified atom stereocenters. The molecule has 2 aromatic rings. The van der Waals surface area contributed by atoms with Crippen molar-refractivity contribution in [2.24, 2.45) is 0 Å². The molecular formula is C15H21N5O. The summed E-state index contributed by atoms with van der Waals surface area (Å²) in [6.07, 6.45) is 3.46. The molecule has 0 saturated heterocycles. The standard InChI is InChI=1S/C15H21N5O/c1-3-6-16-13-8-14(19-15(18-13)11-4-5-11)17-9-12-7-10(2)21-20-12/h7-8,11H,3-6,9H2,1-2H3,(H2,16,17,18,19). The minimum absolute atomic E-state index is 0.531. The molecule has 3 rings (SSSR count). The summed E-state index contributed by atoms with van der Waals surface area (Å²) in [5.74, 6) is 4.02. The summed E-state index contributed by atoms with van der Waals surface area (Å²) in [5, 5.41) is 10.6. The quantitative estimate of drug-likeness (QED) is 0.815. The highest BCUT2D eigenvalue weighted by atomic mass is 16.5. The predicted octanol–water partition coefficient (Wildman–Crippen LogP) is 3.08. The van der Waals surface area contributed by atoms with E-state index in [0.29, 0.717) is 12.5 Å². The molecule has 6 heteroatoms. The van der Waals surface area contributed by atoms with Gasteiger partial charge in [-0.15, -0.1) is 0 Å². The third kappa shape index (κ3) is 3.71. The Labute approximate surface area is 124 Å². The van der Waals surface area contributed by atoms with Crippen LogP contribution in [0.2, 0.25) is 0 Å². The van der Waals surface area contributed by atoms with Crippen LogP contribution in [0, 0.1) is 6.92 Å². The normalized spacial score (nSPS) is 14.2. The number of hydrogen-bond acceptors (Lipinski definition) is 6. The lowest BCUT2D eigenvalue weighted by atomic mass is 10.3. The van der Waals surface area contributed by atoms with Crippen LogP contribution in [0.15, 0.2) is 16.7 Å². The van der Waals surface area contributed by atoms with Crippen molar-refractivity contribution in [3.63, 3.8) is 0 Å². The maximum Gasteiger partial charge on any atom is 0.136 e. The van der Waals surface area contributed by atoms with Gasteiger partial charge in [0.15, 0.2) is 0 Å². The summed E-state index contributed by atoms with van der Waals surface area (Å²) in [7, 11) is 0. The van der Waals surface area contributed by atoms with Crippen molar-refractivity contribution in [1.82, 2.24) is 15.1 Å². The molecule has 112 valence electrons. The molecule has 6 nitrogen and oxygen atoms in total. The number of rotatable bonds is 7. The van der Waals surface area contributed by atoms with Crippen LogP contribution in [0.5, 0.6) is 0 Å². The molecule has 0 aromatic carbocycles. The van der Waals surface area contributed by atoms with E-state index in [4.69, 9.17) is 4.52 Å². The van der Waals surface area contributed by atoms with Crippen LogP contribution in [-0.4, -0.2) is 21.7 Å². The van der Waals surface area contributed by atoms with Gasteiger partial charge in [-0.3, -0.25) is 0 Å². The summed E-state index contributed by atoms with van der Waals surface area (Å²) in [4.78, 5) is 9.20. The Balaban J connectivity index is 1.71. The van der Waals surface area contributed by atoms with E-state index in [0.717, 1.165) is 41.9 Å². The molecule has 1 saturated carbocycles. The zero-order chi connectivity index (χ0) is 14.7. The Morgan fingerprint density at radius 2 is 1.95 bits per heavy atom. The fraction of sp³-hybridized carbons (Fsp3) is 0.533. The number of anilines is 2. The summed E-state index contributed by atoms with van der Waals surface area (Å²) >= 11 is 0. The highest BCUT2D eigenvalue weighted by molar-refractivity contribution is 5.48. The van der Waals surface area contributed by atoms with Gasteiger partial charge in [0.1, 0.15) is 28.9 Å². The van der Waals surface area contributed by atoms with Crippen molar-refractivity contribution >= 4 is 11.6 Å². The molecule has 21 heavy (non-hydrogen) atoms. The number of nitrogens with one attached hydrogen (secondary N) is 2. The van der Waals surface area contributed by atoms with E-state index >= 15 is 0 Å². The van der Waals surface area contributed by atoms with E-state index in [1.807, 2.05) is 19.1 Å². The van der Waals surface area contributed by atoms with Gasteiger partial charge >= 0.3 is 0 Å². The molecular weight excluding hydrogens is 266 g/mol. The summed E-state index contributed by atoms with van der Waals surface area (Å²) in [6, 6.07) is 3.88. The molecule has 0 radical (unpaired) electrons. The number of aromatic nitrogens is 3. The van der Waals surface area contributed by atoms with Crippen LogP contribution in [-0.2, 0) is 6.54 Å². The zero-order valence-corrected chi connectivity index (χ0v) is 12.5. The molecule has 2 aromatic heterocycles. The SMILES string of the molecule is CCCNc1cc(NCc2cc(C)on2)nc(C2CC2)n1. The van der Waals surface area contributed by atoms with Gasteiger partial charge < -0.3 is 15.2 Å². The Hall–Kier alpha value is -2.11. The van der Waals surface area contributed by atoms with Crippen molar-refractivity contribution in [3.8, 4) is 0 Å². The molecule has 0 amide bonds. The van der Waals surface area contributed by atoms with Gasteiger partial charge in [0.25, 0.3) is 0 Å². The first-order valence-electron chi connectivity index (χ1n) is 7.53. The van der Waals surface area contributed by atoms with Crippen LogP contribution in [0.25, 0.3) is 0 Å². The topological polar surface area (TPSA) is 75.9 Å². The molecule has 0 spiro atoms. The molecule has 2 N–H and O–H groups in total. The first-order chi connectivity index (χ1) is 10.2. The van der Waals surface area contributed by atoms with E-state index in [-0.39, 0.29) is 0 Å². The van der Waals surface area contributed by atoms with Crippen molar-refractivity contribution in [2.45, 2.75) is 45.6 Å². The van der Waals surface area contributed by atoms with E-state index in [1.165, 1.54) is 12.8 Å². The van der Waals surface area contributed by atoms with Gasteiger partial charge in [-0.1, -0.05) is 12.1 Å². The van der Waals surface area contributed by atoms with Gasteiger partial charge in [0.2, 0.25) is 0 Å². The molecule has 1 aliphatic carbocycles. The summed E-state index contributed by atoms with van der Waals surface area (Å²) < 4.78 is 5.07. The van der Waals surface area contributed by atoms with E-state index in [1.54, 1.807) is 0 Å². The fourth-order valence-electron chi connectivity index (χ4n) is 2.11. The maximum absolute atomic E-state index is 5.07. The van der Waals surface area contributed by atoms with E-state index < -0.39 is 0 Å². The fourth-order valence-corrected chi connectivity index (χ4v) is 2.11. The maximum atomic E-state index is 5.07. The molecule has 1 fully saturated rings. The smallest absolute Gasteiger partial charge is 0.136 e. The molecule has 0 atom stereocenters. The van der Waals surface area contributed by atoms with Crippen molar-refractivity contribution in [1.29, 1.82) is 0 Å². The van der Waals surface area contributed by atoms with Crippen LogP contribution in [0.4, 0.5) is 11.6 Å². The second-order valence-corrected chi connectivity index (χ2v) is 5.48. The zero-order valence-electron chi connectivity index (χ0n) is 12.5. The number of hydrogen-bond donors (Lipinski definition) is 2. The third-order valence-corrected chi connectivity index (χ3v) is 3.37. The Bertz CT molecular complexity index is 606. The Morgan fingerprint density at radius 3 is 2.57 bits per heavy atom. The lowest BCUT2D eigenvalue weighted by Gasteiger charge is -2.10. The van der Waals surface area contributed by atoms with E-state index in [2.05, 4.69) is 32.7 Å². The van der Waals surface area contributed by atoms with Gasteiger partial charge in [0.05, 0.1) is 6.54 Å². The molecule has 0 bridgehead atoms. The highest BCUT2D eigenvalue weighted by Gasteiger charge is 2.27. The van der Waals surface area contributed by atoms with Crippen LogP contribution < -0.4 is 10.6 Å². The number of aryl methyl sites for hydroxylation is 1. The molecule has 2 heterocycles. The Kier molecular flexibility index (Phi) is 4.03. The minimum Gasteiger partial charge on any atom is -0.370 e. The predicted molar refractivity (Wildman–Crippen MR) is 81.4 cm³/mol. The van der Waals surface area contributed by atoms with Crippen molar-refractivity contribution in [2.75, 3.05) is 17.2 Å². The molecule has 0 aliphatic heterocycles. The average molecular weight is 287 g/mol.